The van der Waals surface area contributed by atoms with Crippen LogP contribution in [0.25, 0.3) is 0 Å². The van der Waals surface area contributed by atoms with Crippen molar-refractivity contribution in [1.82, 2.24) is 5.32 Å². The minimum Gasteiger partial charge on any atom is -0.369 e. The van der Waals surface area contributed by atoms with Crippen molar-refractivity contribution in [3.8, 4) is 0 Å². The molecule has 0 saturated heterocycles. The van der Waals surface area contributed by atoms with Crippen LogP contribution in [-0.2, 0) is 0 Å². The Balaban J connectivity index is 1.46. The van der Waals surface area contributed by atoms with E-state index in [4.69, 9.17) is 4.99 Å². The first-order valence-electron chi connectivity index (χ1n) is 10.5. The van der Waals surface area contributed by atoms with Crippen molar-refractivity contribution in [1.29, 1.82) is 0 Å². The van der Waals surface area contributed by atoms with Gasteiger partial charge in [-0.05, 0) is 24.6 Å². The Morgan fingerprint density at radius 1 is 1.06 bits per heavy atom. The van der Waals surface area contributed by atoms with Gasteiger partial charge in [-0.3, -0.25) is 19.9 Å². The number of nitro benzene ring substituents is 1. The molecule has 3 aromatic rings. The molecular formula is C25H24N4O3. The normalized spacial score (nSPS) is 15.3. The minimum atomic E-state index is -0.481. The summed E-state index contributed by atoms with van der Waals surface area (Å²) in [5, 5.41) is 13.7. The fraction of sp³-hybridized carbons (Fsp3) is 0.200. The van der Waals surface area contributed by atoms with Crippen LogP contribution in [0, 0.1) is 10.1 Å². The van der Waals surface area contributed by atoms with E-state index in [1.807, 2.05) is 30.3 Å². The summed E-state index contributed by atoms with van der Waals surface area (Å²) in [5.41, 5.74) is 4.63. The molecule has 7 nitrogen and oxygen atoms in total. The molecule has 0 radical (unpaired) electrons. The highest BCUT2D eigenvalue weighted by Crippen LogP contribution is 2.28. The van der Waals surface area contributed by atoms with Gasteiger partial charge in [0, 0.05) is 54.1 Å². The molecule has 32 heavy (non-hydrogen) atoms. The zero-order valence-corrected chi connectivity index (χ0v) is 17.8. The number of benzodiazepines with no additional fused rings is 1. The van der Waals surface area contributed by atoms with E-state index < -0.39 is 4.92 Å². The molecule has 1 aliphatic heterocycles. The number of non-ortho nitro benzene ring substituents is 1. The second-order valence-corrected chi connectivity index (χ2v) is 7.69. The van der Waals surface area contributed by atoms with Gasteiger partial charge in [-0.1, -0.05) is 48.5 Å². The molecule has 1 heterocycles. The Morgan fingerprint density at radius 2 is 1.75 bits per heavy atom. The van der Waals surface area contributed by atoms with E-state index in [2.05, 4.69) is 41.5 Å². The number of rotatable bonds is 6. The number of para-hydroxylation sites is 1. The van der Waals surface area contributed by atoms with E-state index in [9.17, 15) is 14.9 Å². The third kappa shape index (κ3) is 4.51. The van der Waals surface area contributed by atoms with E-state index >= 15 is 0 Å². The Hall–Kier alpha value is -4.00. The number of benzene rings is 3. The van der Waals surface area contributed by atoms with Gasteiger partial charge in [-0.25, -0.2) is 0 Å². The molecule has 1 unspecified atom stereocenters. The summed E-state index contributed by atoms with van der Waals surface area (Å²) in [7, 11) is 2.06. The lowest BCUT2D eigenvalue weighted by molar-refractivity contribution is -0.384. The van der Waals surface area contributed by atoms with Gasteiger partial charge in [0.15, 0.2) is 0 Å². The average Bonchev–Trinajstić information content (AvgIpc) is 2.96. The first-order valence-corrected chi connectivity index (χ1v) is 10.5. The summed E-state index contributed by atoms with van der Waals surface area (Å²) in [6.07, 6.45) is 0.717. The molecule has 0 fully saturated rings. The van der Waals surface area contributed by atoms with Gasteiger partial charge in [0.2, 0.25) is 0 Å². The monoisotopic (exact) mass is 428 g/mol. The number of amides is 1. The number of aliphatic imine (C=N–C) groups is 1. The zero-order chi connectivity index (χ0) is 22.5. The number of nitro groups is 1. The summed E-state index contributed by atoms with van der Waals surface area (Å²) in [6, 6.07) is 24.1. The van der Waals surface area contributed by atoms with Crippen LogP contribution in [0.4, 0.5) is 11.4 Å². The molecule has 162 valence electrons. The van der Waals surface area contributed by atoms with Crippen molar-refractivity contribution < 1.29 is 9.72 Å². The number of anilines is 1. The van der Waals surface area contributed by atoms with Crippen molar-refractivity contribution in [2.75, 3.05) is 25.0 Å². The SMILES string of the molecule is CN1c2ccccc2C(c2ccccc2)=NCC1CCNC(=O)c1ccc([N+](=O)[O-])cc1. The van der Waals surface area contributed by atoms with E-state index in [1.54, 1.807) is 0 Å². The van der Waals surface area contributed by atoms with Gasteiger partial charge in [-0.2, -0.15) is 0 Å². The van der Waals surface area contributed by atoms with Crippen molar-refractivity contribution in [2.45, 2.75) is 12.5 Å². The van der Waals surface area contributed by atoms with Crippen LogP contribution in [-0.4, -0.2) is 42.7 Å². The number of nitrogens with one attached hydrogen (secondary N) is 1. The molecular weight excluding hydrogens is 404 g/mol. The third-order valence-electron chi connectivity index (χ3n) is 5.70. The highest BCUT2D eigenvalue weighted by molar-refractivity contribution is 6.16. The van der Waals surface area contributed by atoms with Crippen molar-refractivity contribution in [3.05, 3.63) is 106 Å². The number of hydrogen-bond donors (Lipinski definition) is 1. The number of carbonyl (C=O) groups is 1. The smallest absolute Gasteiger partial charge is 0.269 e. The van der Waals surface area contributed by atoms with Crippen LogP contribution in [0.3, 0.4) is 0 Å². The van der Waals surface area contributed by atoms with E-state index in [0.29, 0.717) is 18.7 Å². The molecule has 1 amide bonds. The van der Waals surface area contributed by atoms with Crippen LogP contribution in [0.2, 0.25) is 0 Å². The number of likely N-dealkylation sites (N-methyl/N-ethyl adjacent to an activating group) is 1. The second-order valence-electron chi connectivity index (χ2n) is 7.69. The first kappa shape index (κ1) is 21.2. The van der Waals surface area contributed by atoms with Crippen LogP contribution >= 0.6 is 0 Å². The summed E-state index contributed by atoms with van der Waals surface area (Å²) >= 11 is 0. The molecule has 3 aromatic carbocycles. The lowest BCUT2D eigenvalue weighted by Crippen LogP contribution is -2.37. The Kier molecular flexibility index (Phi) is 6.26. The van der Waals surface area contributed by atoms with Crippen LogP contribution in [0.1, 0.15) is 27.9 Å². The molecule has 1 N–H and O–H groups in total. The molecule has 0 aliphatic carbocycles. The van der Waals surface area contributed by atoms with Gasteiger partial charge in [0.25, 0.3) is 11.6 Å². The molecule has 4 rings (SSSR count). The Labute approximate surface area is 186 Å². The van der Waals surface area contributed by atoms with E-state index in [-0.39, 0.29) is 17.6 Å². The first-order chi connectivity index (χ1) is 15.5. The number of carbonyl (C=O) groups excluding carboxylic acids is 1. The number of hydrogen-bond acceptors (Lipinski definition) is 5. The summed E-state index contributed by atoms with van der Waals surface area (Å²) in [5.74, 6) is -0.245. The maximum absolute atomic E-state index is 12.4. The fourth-order valence-corrected chi connectivity index (χ4v) is 3.90. The van der Waals surface area contributed by atoms with Gasteiger partial charge < -0.3 is 10.2 Å². The van der Waals surface area contributed by atoms with Gasteiger partial charge in [0.1, 0.15) is 0 Å². The fourth-order valence-electron chi connectivity index (χ4n) is 3.90. The molecule has 0 saturated carbocycles. The van der Waals surface area contributed by atoms with Crippen molar-refractivity contribution in [3.63, 3.8) is 0 Å². The highest BCUT2D eigenvalue weighted by atomic mass is 16.6. The van der Waals surface area contributed by atoms with E-state index in [0.717, 1.165) is 28.9 Å². The van der Waals surface area contributed by atoms with Gasteiger partial charge >= 0.3 is 0 Å². The van der Waals surface area contributed by atoms with Gasteiger partial charge in [0.05, 0.1) is 17.2 Å². The molecule has 0 bridgehead atoms. The number of fused-ring (bicyclic) bond motifs is 1. The Bertz CT molecular complexity index is 1140. The molecule has 0 aromatic heterocycles. The summed E-state index contributed by atoms with van der Waals surface area (Å²) in [6.45, 7) is 1.09. The summed E-state index contributed by atoms with van der Waals surface area (Å²) in [4.78, 5) is 29.9. The topological polar surface area (TPSA) is 87.8 Å². The number of nitrogens with zero attached hydrogens (tertiary/aromatic N) is 3. The van der Waals surface area contributed by atoms with Gasteiger partial charge in [-0.15, -0.1) is 0 Å². The average molecular weight is 428 g/mol. The highest BCUT2D eigenvalue weighted by Gasteiger charge is 2.24. The second kappa shape index (κ2) is 9.43. The standard InChI is InChI=1S/C25H24N4O3/c1-28-21(15-16-26-25(30)19-11-13-20(14-12-19)29(31)32)17-27-24(18-7-3-2-4-8-18)22-9-5-6-10-23(22)28/h2-14,21H,15-17H2,1H3,(H,26,30). The molecule has 7 heteroatoms. The zero-order valence-electron chi connectivity index (χ0n) is 17.8. The lowest BCUT2D eigenvalue weighted by atomic mass is 10.0. The van der Waals surface area contributed by atoms with Crippen molar-refractivity contribution >= 4 is 23.0 Å². The van der Waals surface area contributed by atoms with E-state index in [1.165, 1.54) is 24.3 Å². The Morgan fingerprint density at radius 3 is 2.47 bits per heavy atom. The minimum absolute atomic E-state index is 0.0348. The van der Waals surface area contributed by atoms with Crippen LogP contribution in [0.15, 0.2) is 83.9 Å². The largest absolute Gasteiger partial charge is 0.369 e. The maximum atomic E-state index is 12.4. The van der Waals surface area contributed by atoms with Crippen molar-refractivity contribution in [2.24, 2.45) is 4.99 Å². The molecule has 1 aliphatic rings. The lowest BCUT2D eigenvalue weighted by Gasteiger charge is -2.28. The third-order valence-corrected chi connectivity index (χ3v) is 5.70. The predicted octanol–water partition coefficient (Wildman–Crippen LogP) is 4.07. The van der Waals surface area contributed by atoms with Crippen LogP contribution in [0.5, 0.6) is 0 Å². The predicted molar refractivity (Wildman–Crippen MR) is 126 cm³/mol. The quantitative estimate of drug-likeness (QED) is 0.474. The molecule has 1 atom stereocenters. The van der Waals surface area contributed by atoms with Crippen LogP contribution < -0.4 is 10.2 Å². The summed E-state index contributed by atoms with van der Waals surface area (Å²) < 4.78 is 0. The maximum Gasteiger partial charge on any atom is 0.269 e. The molecule has 0 spiro atoms.